The van der Waals surface area contributed by atoms with Gasteiger partial charge >= 0.3 is 0 Å². The van der Waals surface area contributed by atoms with Gasteiger partial charge in [-0.3, -0.25) is 0 Å². The van der Waals surface area contributed by atoms with E-state index in [2.05, 4.69) is 41.3 Å². The van der Waals surface area contributed by atoms with Crippen LogP contribution in [0.25, 0.3) is 0 Å². The molecule has 2 aromatic carbocycles. The lowest BCUT2D eigenvalue weighted by Crippen LogP contribution is -2.47. The van der Waals surface area contributed by atoms with E-state index >= 15 is 0 Å². The highest BCUT2D eigenvalue weighted by Gasteiger charge is 2.29. The van der Waals surface area contributed by atoms with Crippen molar-refractivity contribution in [3.63, 3.8) is 0 Å². The average molecular weight is 430 g/mol. The molecular weight excluding hydrogens is 394 g/mol. The van der Waals surface area contributed by atoms with Crippen LogP contribution in [0, 0.1) is 5.92 Å². The van der Waals surface area contributed by atoms with E-state index in [9.17, 15) is 0 Å². The molecule has 0 aliphatic carbocycles. The second-order valence-electron chi connectivity index (χ2n) is 8.68. The number of hydrogen-bond acceptors (Lipinski definition) is 3. The second kappa shape index (κ2) is 12.3. The van der Waals surface area contributed by atoms with E-state index < -0.39 is 0 Å². The molecular formula is C26H36ClNO2. The molecule has 4 heteroatoms. The Labute approximate surface area is 188 Å². The Morgan fingerprint density at radius 1 is 0.867 bits per heavy atom. The van der Waals surface area contributed by atoms with Crippen LogP contribution in [0.3, 0.4) is 0 Å². The normalized spacial score (nSPS) is 21.5. The van der Waals surface area contributed by atoms with Gasteiger partial charge in [0.25, 0.3) is 0 Å². The zero-order chi connectivity index (χ0) is 19.7. The standard InChI is InChI=1S/C26H35NO2.ClH/c1-2-7-23(8-3-1)21-29-26-15-12-22(13-16-26)9-6-18-28-20-24-11-14-25-10-4-5-17-27(25)19-24;/h1-3,7-8,12-13,15-16,24-25H,4-6,9-11,14,17-21H2;1H. The van der Waals surface area contributed by atoms with E-state index in [0.29, 0.717) is 6.61 Å². The van der Waals surface area contributed by atoms with Gasteiger partial charge in [-0.05, 0) is 74.2 Å². The summed E-state index contributed by atoms with van der Waals surface area (Å²) >= 11 is 0. The van der Waals surface area contributed by atoms with E-state index in [-0.39, 0.29) is 12.4 Å². The maximum atomic E-state index is 6.03. The molecule has 2 heterocycles. The molecule has 164 valence electrons. The third-order valence-electron chi connectivity index (χ3n) is 6.43. The zero-order valence-electron chi connectivity index (χ0n) is 18.0. The molecule has 0 amide bonds. The Morgan fingerprint density at radius 2 is 1.70 bits per heavy atom. The van der Waals surface area contributed by atoms with Gasteiger partial charge in [0, 0.05) is 19.2 Å². The molecule has 0 aromatic heterocycles. The highest BCUT2D eigenvalue weighted by Crippen LogP contribution is 2.29. The van der Waals surface area contributed by atoms with Gasteiger partial charge in [-0.25, -0.2) is 0 Å². The second-order valence-corrected chi connectivity index (χ2v) is 8.68. The summed E-state index contributed by atoms with van der Waals surface area (Å²) in [6, 6.07) is 19.7. The van der Waals surface area contributed by atoms with Crippen molar-refractivity contribution in [1.29, 1.82) is 0 Å². The van der Waals surface area contributed by atoms with Gasteiger partial charge < -0.3 is 14.4 Å². The van der Waals surface area contributed by atoms with Gasteiger partial charge in [0.05, 0.1) is 6.61 Å². The summed E-state index contributed by atoms with van der Waals surface area (Å²) in [6.45, 7) is 5.00. The molecule has 0 radical (unpaired) electrons. The molecule has 2 saturated heterocycles. The van der Waals surface area contributed by atoms with E-state index in [1.807, 2.05) is 18.2 Å². The Bertz CT molecular complexity index is 722. The fraction of sp³-hybridized carbons (Fsp3) is 0.538. The zero-order valence-corrected chi connectivity index (χ0v) is 18.8. The van der Waals surface area contributed by atoms with Gasteiger partial charge in [0.15, 0.2) is 0 Å². The summed E-state index contributed by atoms with van der Waals surface area (Å²) < 4.78 is 11.9. The summed E-state index contributed by atoms with van der Waals surface area (Å²) in [7, 11) is 0. The fourth-order valence-corrected chi connectivity index (χ4v) is 4.74. The highest BCUT2D eigenvalue weighted by molar-refractivity contribution is 5.85. The number of halogens is 1. The van der Waals surface area contributed by atoms with E-state index in [1.54, 1.807) is 0 Å². The quantitative estimate of drug-likeness (QED) is 0.463. The Balaban J connectivity index is 0.00000256. The van der Waals surface area contributed by atoms with Crippen molar-refractivity contribution in [2.75, 3.05) is 26.3 Å². The summed E-state index contributed by atoms with van der Waals surface area (Å²) in [5.74, 6) is 1.67. The molecule has 2 atom stereocenters. The third-order valence-corrected chi connectivity index (χ3v) is 6.43. The highest BCUT2D eigenvalue weighted by atomic mass is 35.5. The van der Waals surface area contributed by atoms with Crippen molar-refractivity contribution in [2.45, 2.75) is 57.6 Å². The maximum absolute atomic E-state index is 6.03. The molecule has 2 unspecified atom stereocenters. The number of benzene rings is 2. The van der Waals surface area contributed by atoms with Gasteiger partial charge in [-0.15, -0.1) is 12.4 Å². The van der Waals surface area contributed by atoms with Gasteiger partial charge in [-0.1, -0.05) is 48.9 Å². The average Bonchev–Trinajstić information content (AvgIpc) is 2.79. The molecule has 4 rings (SSSR count). The minimum absolute atomic E-state index is 0. The number of fused-ring (bicyclic) bond motifs is 1. The molecule has 30 heavy (non-hydrogen) atoms. The summed E-state index contributed by atoms with van der Waals surface area (Å²) in [5, 5.41) is 0. The minimum Gasteiger partial charge on any atom is -0.489 e. The van der Waals surface area contributed by atoms with Crippen LogP contribution in [0.2, 0.25) is 0 Å². The van der Waals surface area contributed by atoms with Crippen molar-refractivity contribution < 1.29 is 9.47 Å². The monoisotopic (exact) mass is 429 g/mol. The van der Waals surface area contributed by atoms with Crippen molar-refractivity contribution in [2.24, 2.45) is 5.92 Å². The third kappa shape index (κ3) is 7.01. The number of nitrogens with zero attached hydrogens (tertiary/aromatic N) is 1. The van der Waals surface area contributed by atoms with Crippen LogP contribution in [-0.4, -0.2) is 37.2 Å². The topological polar surface area (TPSA) is 21.7 Å². The molecule has 0 saturated carbocycles. The predicted octanol–water partition coefficient (Wildman–Crippen LogP) is 5.90. The van der Waals surface area contributed by atoms with Gasteiger partial charge in [0.1, 0.15) is 12.4 Å². The molecule has 0 N–H and O–H groups in total. The van der Waals surface area contributed by atoms with Crippen LogP contribution >= 0.6 is 12.4 Å². The van der Waals surface area contributed by atoms with Crippen molar-refractivity contribution in [1.82, 2.24) is 4.90 Å². The lowest BCUT2D eigenvalue weighted by atomic mass is 9.88. The van der Waals surface area contributed by atoms with Crippen LogP contribution in [0.1, 0.15) is 49.7 Å². The van der Waals surface area contributed by atoms with E-state index in [1.165, 1.54) is 56.3 Å². The van der Waals surface area contributed by atoms with Crippen LogP contribution in [0.4, 0.5) is 0 Å². The van der Waals surface area contributed by atoms with Crippen LogP contribution in [-0.2, 0) is 17.8 Å². The Morgan fingerprint density at radius 3 is 2.53 bits per heavy atom. The number of hydrogen-bond donors (Lipinski definition) is 0. The number of ether oxygens (including phenoxy) is 2. The van der Waals surface area contributed by atoms with Crippen molar-refractivity contribution >= 4 is 12.4 Å². The molecule has 2 aromatic rings. The largest absolute Gasteiger partial charge is 0.489 e. The van der Waals surface area contributed by atoms with Crippen molar-refractivity contribution in [3.05, 3.63) is 65.7 Å². The molecule has 2 aliphatic heterocycles. The molecule has 0 bridgehead atoms. The van der Waals surface area contributed by atoms with Crippen LogP contribution in [0.15, 0.2) is 54.6 Å². The van der Waals surface area contributed by atoms with Gasteiger partial charge in [-0.2, -0.15) is 0 Å². The van der Waals surface area contributed by atoms with Crippen LogP contribution in [0.5, 0.6) is 5.75 Å². The summed E-state index contributed by atoms with van der Waals surface area (Å²) in [5.41, 5.74) is 2.55. The first-order valence-electron chi connectivity index (χ1n) is 11.4. The molecule has 3 nitrogen and oxygen atoms in total. The van der Waals surface area contributed by atoms with Crippen molar-refractivity contribution in [3.8, 4) is 5.75 Å². The summed E-state index contributed by atoms with van der Waals surface area (Å²) in [6.07, 6.45) is 9.13. The lowest BCUT2D eigenvalue weighted by molar-refractivity contribution is 0.0239. The number of aryl methyl sites for hydroxylation is 1. The van der Waals surface area contributed by atoms with E-state index in [4.69, 9.17) is 9.47 Å². The summed E-state index contributed by atoms with van der Waals surface area (Å²) in [4.78, 5) is 2.72. The SMILES string of the molecule is Cl.c1ccc(COc2ccc(CCCOCC3CCC4CCCCN4C3)cc2)cc1. The molecule has 0 spiro atoms. The number of piperidine rings is 2. The Hall–Kier alpha value is -1.55. The van der Waals surface area contributed by atoms with E-state index in [0.717, 1.165) is 43.8 Å². The number of rotatable bonds is 9. The molecule has 2 fully saturated rings. The van der Waals surface area contributed by atoms with Gasteiger partial charge in [0.2, 0.25) is 0 Å². The first-order valence-corrected chi connectivity index (χ1v) is 11.4. The first-order chi connectivity index (χ1) is 14.4. The van der Waals surface area contributed by atoms with Crippen LogP contribution < -0.4 is 4.74 Å². The minimum atomic E-state index is 0. The first kappa shape index (κ1) is 23.1. The predicted molar refractivity (Wildman–Crippen MR) is 126 cm³/mol. The lowest BCUT2D eigenvalue weighted by Gasteiger charge is -2.42. The Kier molecular flexibility index (Phi) is 9.51. The fourth-order valence-electron chi connectivity index (χ4n) is 4.74. The molecule has 2 aliphatic rings. The maximum Gasteiger partial charge on any atom is 0.119 e. The smallest absolute Gasteiger partial charge is 0.119 e.